The summed E-state index contributed by atoms with van der Waals surface area (Å²) in [5.74, 6) is 1.06. The van der Waals surface area contributed by atoms with E-state index in [2.05, 4.69) is 17.4 Å². The van der Waals surface area contributed by atoms with Gasteiger partial charge in [0.2, 0.25) is 0 Å². The van der Waals surface area contributed by atoms with Gasteiger partial charge in [0.1, 0.15) is 12.4 Å². The predicted octanol–water partition coefficient (Wildman–Crippen LogP) is 1.27. The highest BCUT2D eigenvalue weighted by molar-refractivity contribution is 5.44. The number of nitrogens with one attached hydrogen (secondary N) is 1. The number of para-hydroxylation sites is 1. The Morgan fingerprint density at radius 1 is 1.33 bits per heavy atom. The average molecular weight is 161 g/mol. The summed E-state index contributed by atoms with van der Waals surface area (Å²) >= 11 is 0. The molecule has 1 saturated heterocycles. The van der Waals surface area contributed by atoms with E-state index >= 15 is 0 Å². The van der Waals surface area contributed by atoms with Gasteiger partial charge in [-0.1, -0.05) is 18.2 Å². The number of ether oxygens (including phenoxy) is 1. The number of hydrogen-bond donors (Lipinski definition) is 1. The molecule has 1 fully saturated rings. The van der Waals surface area contributed by atoms with E-state index in [1.807, 2.05) is 12.1 Å². The number of hydrogen-bond acceptors (Lipinski definition) is 2. The first-order chi connectivity index (χ1) is 5.91. The molecular weight excluding hydrogens is 150 g/mol. The van der Waals surface area contributed by atoms with Gasteiger partial charge in [0.15, 0.2) is 0 Å². The summed E-state index contributed by atoms with van der Waals surface area (Å²) in [6.07, 6.45) is 1.21. The monoisotopic (exact) mass is 161 g/mol. The van der Waals surface area contributed by atoms with Gasteiger partial charge in [-0.15, -0.1) is 0 Å². The van der Waals surface area contributed by atoms with Crippen LogP contribution in [0.15, 0.2) is 24.3 Å². The second-order valence-corrected chi connectivity index (χ2v) is 3.54. The first-order valence-electron chi connectivity index (χ1n) is 4.38. The molecule has 0 saturated carbocycles. The molecular formula is C10H11NO. The van der Waals surface area contributed by atoms with Crippen LogP contribution in [-0.2, 0) is 5.54 Å². The molecule has 0 unspecified atom stereocenters. The van der Waals surface area contributed by atoms with E-state index in [9.17, 15) is 0 Å². The molecule has 62 valence electrons. The van der Waals surface area contributed by atoms with Crippen LogP contribution in [0, 0.1) is 0 Å². The van der Waals surface area contributed by atoms with Crippen LogP contribution in [0.25, 0.3) is 0 Å². The lowest BCUT2D eigenvalue weighted by atomic mass is 9.83. The van der Waals surface area contributed by atoms with Gasteiger partial charge in [0.05, 0.1) is 5.54 Å². The third kappa shape index (κ3) is 0.636. The molecule has 0 bridgehead atoms. The molecule has 3 rings (SSSR count). The quantitative estimate of drug-likeness (QED) is 0.618. The Labute approximate surface area is 71.5 Å². The van der Waals surface area contributed by atoms with Gasteiger partial charge in [-0.05, 0) is 19.0 Å². The minimum atomic E-state index is 0.177. The summed E-state index contributed by atoms with van der Waals surface area (Å²) in [5.41, 5.74) is 1.52. The largest absolute Gasteiger partial charge is 0.491 e. The van der Waals surface area contributed by atoms with Gasteiger partial charge in [0, 0.05) is 5.56 Å². The van der Waals surface area contributed by atoms with Crippen molar-refractivity contribution >= 4 is 0 Å². The number of rotatable bonds is 0. The van der Waals surface area contributed by atoms with E-state index in [1.54, 1.807) is 0 Å². The van der Waals surface area contributed by atoms with E-state index in [4.69, 9.17) is 4.74 Å². The van der Waals surface area contributed by atoms with Crippen LogP contribution in [-0.4, -0.2) is 13.2 Å². The van der Waals surface area contributed by atoms with Crippen molar-refractivity contribution in [3.8, 4) is 5.75 Å². The lowest BCUT2D eigenvalue weighted by molar-refractivity contribution is 0.154. The molecule has 0 aromatic heterocycles. The van der Waals surface area contributed by atoms with Crippen molar-refractivity contribution in [2.75, 3.05) is 13.2 Å². The van der Waals surface area contributed by atoms with Gasteiger partial charge in [-0.2, -0.15) is 0 Å². The van der Waals surface area contributed by atoms with Gasteiger partial charge in [-0.3, -0.25) is 0 Å². The van der Waals surface area contributed by atoms with Crippen LogP contribution in [0.1, 0.15) is 12.0 Å². The summed E-state index contributed by atoms with van der Waals surface area (Å²) in [5, 5.41) is 3.45. The van der Waals surface area contributed by atoms with Crippen molar-refractivity contribution in [2.24, 2.45) is 0 Å². The fourth-order valence-electron chi connectivity index (χ4n) is 2.05. The molecule has 0 amide bonds. The van der Waals surface area contributed by atoms with E-state index in [0.717, 1.165) is 18.9 Å². The van der Waals surface area contributed by atoms with Crippen molar-refractivity contribution in [3.05, 3.63) is 29.8 Å². The maximum Gasteiger partial charge on any atom is 0.124 e. The Hall–Kier alpha value is -1.02. The first kappa shape index (κ1) is 6.49. The third-order valence-electron chi connectivity index (χ3n) is 2.89. The molecule has 12 heavy (non-hydrogen) atoms. The van der Waals surface area contributed by atoms with Gasteiger partial charge in [-0.25, -0.2) is 0 Å². The summed E-state index contributed by atoms with van der Waals surface area (Å²) in [4.78, 5) is 0. The van der Waals surface area contributed by atoms with Crippen molar-refractivity contribution < 1.29 is 4.74 Å². The molecule has 2 heteroatoms. The molecule has 1 aromatic carbocycles. The highest BCUT2D eigenvalue weighted by Crippen LogP contribution is 2.42. The highest BCUT2D eigenvalue weighted by Gasteiger charge is 2.44. The van der Waals surface area contributed by atoms with Crippen LogP contribution in [0.3, 0.4) is 0 Å². The SMILES string of the molecule is c1ccc2c(c1)OC[C@@]21CCN1. The molecule has 1 N–H and O–H groups in total. The number of benzene rings is 1. The average Bonchev–Trinajstić information content (AvgIpc) is 2.42. The first-order valence-corrected chi connectivity index (χ1v) is 4.38. The topological polar surface area (TPSA) is 21.3 Å². The smallest absolute Gasteiger partial charge is 0.124 e. The molecule has 2 aliphatic rings. The van der Waals surface area contributed by atoms with E-state index < -0.39 is 0 Å². The fourth-order valence-corrected chi connectivity index (χ4v) is 2.05. The summed E-state index contributed by atoms with van der Waals surface area (Å²) < 4.78 is 5.59. The van der Waals surface area contributed by atoms with Crippen LogP contribution in [0.4, 0.5) is 0 Å². The molecule has 2 nitrogen and oxygen atoms in total. The normalized spacial score (nSPS) is 31.0. The van der Waals surface area contributed by atoms with Crippen LogP contribution in [0.5, 0.6) is 5.75 Å². The van der Waals surface area contributed by atoms with Crippen molar-refractivity contribution in [3.63, 3.8) is 0 Å². The minimum Gasteiger partial charge on any atom is -0.491 e. The summed E-state index contributed by atoms with van der Waals surface area (Å²) in [6.45, 7) is 1.93. The van der Waals surface area contributed by atoms with Crippen molar-refractivity contribution in [2.45, 2.75) is 12.0 Å². The van der Waals surface area contributed by atoms with Crippen molar-refractivity contribution in [1.29, 1.82) is 0 Å². The molecule has 1 atom stereocenters. The zero-order chi connectivity index (χ0) is 8.02. The Balaban J connectivity index is 2.13. The van der Waals surface area contributed by atoms with Gasteiger partial charge >= 0.3 is 0 Å². The number of fused-ring (bicyclic) bond motifs is 2. The Bertz CT molecular complexity index is 317. The molecule has 1 spiro atoms. The van der Waals surface area contributed by atoms with E-state index in [1.165, 1.54) is 12.0 Å². The zero-order valence-corrected chi connectivity index (χ0v) is 6.84. The second kappa shape index (κ2) is 2.02. The van der Waals surface area contributed by atoms with Crippen LogP contribution in [0.2, 0.25) is 0 Å². The lowest BCUT2D eigenvalue weighted by Gasteiger charge is -2.38. The Kier molecular flexibility index (Phi) is 1.09. The molecule has 2 aliphatic heterocycles. The van der Waals surface area contributed by atoms with E-state index in [-0.39, 0.29) is 5.54 Å². The van der Waals surface area contributed by atoms with Crippen molar-refractivity contribution in [1.82, 2.24) is 5.32 Å². The fraction of sp³-hybridized carbons (Fsp3) is 0.400. The molecule has 1 aromatic rings. The summed E-state index contributed by atoms with van der Waals surface area (Å²) in [7, 11) is 0. The lowest BCUT2D eigenvalue weighted by Crippen LogP contribution is -2.55. The maximum absolute atomic E-state index is 5.59. The molecule has 2 heterocycles. The minimum absolute atomic E-state index is 0.177. The highest BCUT2D eigenvalue weighted by atomic mass is 16.5. The van der Waals surface area contributed by atoms with Crippen LogP contribution < -0.4 is 10.1 Å². The zero-order valence-electron chi connectivity index (χ0n) is 6.84. The van der Waals surface area contributed by atoms with Crippen LogP contribution >= 0.6 is 0 Å². The Morgan fingerprint density at radius 2 is 2.17 bits per heavy atom. The second-order valence-electron chi connectivity index (χ2n) is 3.54. The maximum atomic E-state index is 5.59. The Morgan fingerprint density at radius 3 is 2.92 bits per heavy atom. The summed E-state index contributed by atoms with van der Waals surface area (Å²) in [6, 6.07) is 8.31. The molecule has 0 aliphatic carbocycles. The van der Waals surface area contributed by atoms with Gasteiger partial charge < -0.3 is 10.1 Å². The van der Waals surface area contributed by atoms with Gasteiger partial charge in [0.25, 0.3) is 0 Å². The molecule has 0 radical (unpaired) electrons. The standard InChI is InChI=1S/C10H11NO/c1-2-4-9-8(3-1)10(7-12-9)5-6-11-10/h1-4,11H,5-7H2/t10-/m0/s1. The van der Waals surface area contributed by atoms with E-state index in [0.29, 0.717) is 0 Å². The third-order valence-corrected chi connectivity index (χ3v) is 2.89. The predicted molar refractivity (Wildman–Crippen MR) is 46.2 cm³/mol.